The van der Waals surface area contributed by atoms with E-state index in [1.54, 1.807) is 21.7 Å². The zero-order valence-corrected chi connectivity index (χ0v) is 16.7. The Hall–Kier alpha value is -1.89. The molecule has 0 atom stereocenters. The fraction of sp³-hybridized carbons (Fsp3) is 0.474. The number of rotatable bonds is 1. The molecule has 0 aliphatic carbocycles. The zero-order chi connectivity index (χ0) is 19.1. The van der Waals surface area contributed by atoms with Crippen molar-refractivity contribution < 1.29 is 13.9 Å². The normalized spacial score (nSPS) is 16.1. The van der Waals surface area contributed by atoms with E-state index in [0.717, 1.165) is 0 Å². The molecule has 1 aliphatic rings. The summed E-state index contributed by atoms with van der Waals surface area (Å²) in [6.07, 6.45) is 2.74. The number of aromatic nitrogens is 1. The van der Waals surface area contributed by atoms with Crippen LogP contribution in [-0.4, -0.2) is 34.3 Å². The Labute approximate surface area is 159 Å². The smallest absolute Gasteiger partial charge is 0.410 e. The summed E-state index contributed by atoms with van der Waals surface area (Å²) in [5.41, 5.74) is -0.730. The second-order valence-corrected chi connectivity index (χ2v) is 8.43. The predicted molar refractivity (Wildman–Crippen MR) is 102 cm³/mol. The highest BCUT2D eigenvalue weighted by Crippen LogP contribution is 2.25. The van der Waals surface area contributed by atoms with E-state index < -0.39 is 11.4 Å². The van der Waals surface area contributed by atoms with Gasteiger partial charge in [0.15, 0.2) is 0 Å². The van der Waals surface area contributed by atoms with Gasteiger partial charge in [0.05, 0.1) is 9.86 Å². The van der Waals surface area contributed by atoms with Crippen molar-refractivity contribution in [2.45, 2.75) is 45.3 Å². The van der Waals surface area contributed by atoms with Crippen LogP contribution in [0.4, 0.5) is 9.18 Å². The Bertz CT molecular complexity index is 896. The summed E-state index contributed by atoms with van der Waals surface area (Å²) in [5, 5.41) is 1.06. The third kappa shape index (κ3) is 3.92. The Balaban J connectivity index is 1.78. The molecule has 1 aliphatic heterocycles. The third-order valence-electron chi connectivity index (χ3n) is 4.48. The van der Waals surface area contributed by atoms with Crippen LogP contribution in [0.1, 0.15) is 39.7 Å². The molecule has 5 nitrogen and oxygen atoms in total. The van der Waals surface area contributed by atoms with E-state index in [9.17, 15) is 14.0 Å². The molecule has 0 spiro atoms. The number of piperidine rings is 1. The van der Waals surface area contributed by atoms with Crippen molar-refractivity contribution in [2.24, 2.45) is 0 Å². The second kappa shape index (κ2) is 7.02. The van der Waals surface area contributed by atoms with Crippen molar-refractivity contribution >= 4 is 32.8 Å². The number of fused-ring (bicyclic) bond motifs is 1. The van der Waals surface area contributed by atoms with Crippen LogP contribution in [-0.2, 0) is 4.74 Å². The summed E-state index contributed by atoms with van der Waals surface area (Å²) in [4.78, 5) is 26.6. The Morgan fingerprint density at radius 2 is 1.92 bits per heavy atom. The van der Waals surface area contributed by atoms with Crippen LogP contribution < -0.4 is 5.56 Å². The lowest BCUT2D eigenvalue weighted by atomic mass is 10.0. The Kier molecular flexibility index (Phi) is 5.10. The first-order valence-electron chi connectivity index (χ1n) is 8.63. The molecule has 1 aromatic carbocycles. The van der Waals surface area contributed by atoms with Gasteiger partial charge in [0.25, 0.3) is 5.56 Å². The number of hydrogen-bond acceptors (Lipinski definition) is 3. The molecule has 0 unspecified atom stereocenters. The van der Waals surface area contributed by atoms with E-state index in [4.69, 9.17) is 4.74 Å². The molecule has 2 heterocycles. The quantitative estimate of drug-likeness (QED) is 0.677. The van der Waals surface area contributed by atoms with Gasteiger partial charge in [-0.1, -0.05) is 0 Å². The average Bonchev–Trinajstić information content (AvgIpc) is 2.56. The second-order valence-electron chi connectivity index (χ2n) is 7.58. The highest BCUT2D eigenvalue weighted by Gasteiger charge is 2.28. The Morgan fingerprint density at radius 1 is 1.27 bits per heavy atom. The third-order valence-corrected chi connectivity index (χ3v) is 5.09. The predicted octanol–water partition coefficient (Wildman–Crippen LogP) is 4.48. The van der Waals surface area contributed by atoms with Crippen LogP contribution in [0.3, 0.4) is 0 Å². The maximum atomic E-state index is 13.8. The largest absolute Gasteiger partial charge is 0.444 e. The number of carbonyl (C=O) groups excluding carboxylic acids is 1. The van der Waals surface area contributed by atoms with Gasteiger partial charge < -0.3 is 14.2 Å². The summed E-state index contributed by atoms with van der Waals surface area (Å²) < 4.78 is 21.2. The van der Waals surface area contributed by atoms with E-state index in [1.165, 1.54) is 6.07 Å². The lowest BCUT2D eigenvalue weighted by Gasteiger charge is -2.34. The van der Waals surface area contributed by atoms with Crippen molar-refractivity contribution in [3.8, 4) is 0 Å². The van der Waals surface area contributed by atoms with Gasteiger partial charge in [-0.15, -0.1) is 0 Å². The van der Waals surface area contributed by atoms with Gasteiger partial charge in [-0.05, 0) is 73.1 Å². The number of hydrogen-bond donors (Lipinski definition) is 0. The molecule has 26 heavy (non-hydrogen) atoms. The topological polar surface area (TPSA) is 51.5 Å². The summed E-state index contributed by atoms with van der Waals surface area (Å²) >= 11 is 3.14. The van der Waals surface area contributed by atoms with Crippen molar-refractivity contribution in [3.05, 3.63) is 45.0 Å². The molecule has 1 aromatic heterocycles. The number of benzene rings is 1. The summed E-state index contributed by atoms with van der Waals surface area (Å²) in [6.45, 7) is 6.56. The molecule has 3 rings (SSSR count). The van der Waals surface area contributed by atoms with Crippen molar-refractivity contribution in [3.63, 3.8) is 0 Å². The first-order chi connectivity index (χ1) is 12.2. The minimum absolute atomic E-state index is 0.0164. The van der Waals surface area contributed by atoms with Crippen molar-refractivity contribution in [1.82, 2.24) is 9.47 Å². The van der Waals surface area contributed by atoms with Crippen LogP contribution in [0.25, 0.3) is 10.8 Å². The number of ether oxygens (including phenoxy) is 1. The van der Waals surface area contributed by atoms with Gasteiger partial charge >= 0.3 is 6.09 Å². The first-order valence-corrected chi connectivity index (χ1v) is 9.43. The monoisotopic (exact) mass is 424 g/mol. The van der Waals surface area contributed by atoms with Gasteiger partial charge in [0, 0.05) is 25.3 Å². The maximum Gasteiger partial charge on any atom is 0.410 e. The van der Waals surface area contributed by atoms with E-state index in [2.05, 4.69) is 15.9 Å². The molecule has 0 bridgehead atoms. The molecule has 1 amide bonds. The molecule has 0 saturated carbocycles. The highest BCUT2D eigenvalue weighted by atomic mass is 79.9. The van der Waals surface area contributed by atoms with Gasteiger partial charge in [-0.3, -0.25) is 4.79 Å². The van der Waals surface area contributed by atoms with Gasteiger partial charge in [0.2, 0.25) is 0 Å². The summed E-state index contributed by atoms with van der Waals surface area (Å²) in [5.74, 6) is -0.452. The fourth-order valence-corrected chi connectivity index (χ4v) is 3.55. The number of pyridine rings is 1. The number of carbonyl (C=O) groups is 1. The molecule has 140 valence electrons. The molecule has 7 heteroatoms. The van der Waals surface area contributed by atoms with Crippen LogP contribution in [0.5, 0.6) is 0 Å². The highest BCUT2D eigenvalue weighted by molar-refractivity contribution is 9.10. The molecular formula is C19H22BrFN2O3. The molecule has 1 saturated heterocycles. The molecular weight excluding hydrogens is 403 g/mol. The average molecular weight is 425 g/mol. The number of amides is 1. The minimum Gasteiger partial charge on any atom is -0.444 e. The van der Waals surface area contributed by atoms with Crippen molar-refractivity contribution in [1.29, 1.82) is 0 Å². The van der Waals surface area contributed by atoms with E-state index in [-0.39, 0.29) is 17.7 Å². The van der Waals surface area contributed by atoms with E-state index in [1.807, 2.05) is 26.8 Å². The summed E-state index contributed by atoms with van der Waals surface area (Å²) in [7, 11) is 0. The van der Waals surface area contributed by atoms with Crippen LogP contribution >= 0.6 is 15.9 Å². The molecule has 0 N–H and O–H groups in total. The van der Waals surface area contributed by atoms with E-state index in [0.29, 0.717) is 41.2 Å². The van der Waals surface area contributed by atoms with Crippen LogP contribution in [0, 0.1) is 5.82 Å². The van der Waals surface area contributed by atoms with Crippen LogP contribution in [0.2, 0.25) is 0 Å². The Morgan fingerprint density at radius 3 is 2.54 bits per heavy atom. The maximum absolute atomic E-state index is 13.8. The first kappa shape index (κ1) is 18.9. The lowest BCUT2D eigenvalue weighted by Crippen LogP contribution is -2.43. The van der Waals surface area contributed by atoms with Gasteiger partial charge in [0.1, 0.15) is 11.4 Å². The molecule has 0 radical (unpaired) electrons. The summed E-state index contributed by atoms with van der Waals surface area (Å²) in [6, 6.07) is 4.69. The lowest BCUT2D eigenvalue weighted by molar-refractivity contribution is 0.0187. The van der Waals surface area contributed by atoms with E-state index >= 15 is 0 Å². The van der Waals surface area contributed by atoms with Gasteiger partial charge in [-0.2, -0.15) is 0 Å². The number of halogens is 2. The molecule has 1 fully saturated rings. The molecule has 2 aromatic rings. The zero-order valence-electron chi connectivity index (χ0n) is 15.1. The van der Waals surface area contributed by atoms with Crippen LogP contribution in [0.15, 0.2) is 33.7 Å². The van der Waals surface area contributed by atoms with Gasteiger partial charge in [-0.25, -0.2) is 9.18 Å². The standard InChI is InChI=1S/C19H22BrFN2O3/c1-19(2,3)26-18(25)22-7-5-13(6-8-22)23-9-4-12-10-15(20)16(21)11-14(12)17(23)24/h4,9-11,13H,5-8H2,1-3H3. The number of nitrogens with zero attached hydrogens (tertiary/aromatic N) is 2. The van der Waals surface area contributed by atoms with Crippen molar-refractivity contribution in [2.75, 3.05) is 13.1 Å². The number of likely N-dealkylation sites (tertiary alicyclic amines) is 1. The minimum atomic E-state index is -0.526. The fourth-order valence-electron chi connectivity index (χ4n) is 3.19. The SMILES string of the molecule is CC(C)(C)OC(=O)N1CCC(n2ccc3cc(Br)c(F)cc3c2=O)CC1.